The number of ether oxygens (including phenoxy) is 1. The predicted octanol–water partition coefficient (Wildman–Crippen LogP) is 5.50. The monoisotopic (exact) mass is 516 g/mol. The molecule has 1 fully saturated rings. The SMILES string of the molecule is C[C@H]1[C@H](C(C)(C)F)[C@@H](CCO)O[C@]12C(=O)N(Cc1ccccc1)c1ccc(N(C=O)c3ccccc3)cc12. The molecule has 0 aromatic heterocycles. The third-order valence-corrected chi connectivity index (χ3v) is 7.96. The second-order valence-electron chi connectivity index (χ2n) is 10.7. The molecule has 0 bridgehead atoms. The standard InChI is InChI=1S/C31H33FN2O4/c1-21-28(30(2,3)32)27(16-17-35)38-31(21)25-18-24(34(20-36)23-12-8-5-9-13-23)14-15-26(25)33(29(31)37)19-22-10-6-4-7-11-22/h4-15,18,20-21,27-28,35H,16-17,19H2,1-3H3/t21-,27+,28-,31+/m0/s1. The van der Waals surface area contributed by atoms with Crippen LogP contribution in [0.4, 0.5) is 21.5 Å². The van der Waals surface area contributed by atoms with Crippen LogP contribution in [0.1, 0.15) is 38.3 Å². The Morgan fingerprint density at radius 3 is 2.32 bits per heavy atom. The van der Waals surface area contributed by atoms with Gasteiger partial charge in [-0.25, -0.2) is 4.39 Å². The molecule has 198 valence electrons. The maximum Gasteiger partial charge on any atom is 0.264 e. The molecule has 1 spiro atoms. The molecule has 0 saturated carbocycles. The number of amides is 2. The summed E-state index contributed by atoms with van der Waals surface area (Å²) in [6.45, 7) is 5.01. The molecule has 6 nitrogen and oxygen atoms in total. The van der Waals surface area contributed by atoms with E-state index in [4.69, 9.17) is 4.74 Å². The molecule has 0 unspecified atom stereocenters. The molecule has 7 heteroatoms. The number of aliphatic hydroxyl groups excluding tert-OH is 1. The van der Waals surface area contributed by atoms with Gasteiger partial charge in [-0.3, -0.25) is 14.5 Å². The normalized spacial score (nSPS) is 24.6. The van der Waals surface area contributed by atoms with Gasteiger partial charge in [-0.05, 0) is 56.2 Å². The minimum atomic E-state index is -1.65. The Hall–Kier alpha value is -3.55. The van der Waals surface area contributed by atoms with Gasteiger partial charge in [0.25, 0.3) is 5.91 Å². The maximum atomic E-state index is 15.6. The number of anilines is 3. The van der Waals surface area contributed by atoms with E-state index in [2.05, 4.69) is 0 Å². The van der Waals surface area contributed by atoms with Crippen LogP contribution in [0.5, 0.6) is 0 Å². The number of rotatable bonds is 8. The van der Waals surface area contributed by atoms with Gasteiger partial charge < -0.3 is 14.7 Å². The lowest BCUT2D eigenvalue weighted by Gasteiger charge is -2.32. The van der Waals surface area contributed by atoms with Crippen molar-refractivity contribution < 1.29 is 23.8 Å². The Kier molecular flexibility index (Phi) is 6.84. The number of carbonyl (C=O) groups is 2. The van der Waals surface area contributed by atoms with E-state index in [1.807, 2.05) is 85.8 Å². The fraction of sp³-hybridized carbons (Fsp3) is 0.355. The Bertz CT molecular complexity index is 1310. The first-order valence-corrected chi connectivity index (χ1v) is 13.0. The van der Waals surface area contributed by atoms with Crippen LogP contribution in [0.3, 0.4) is 0 Å². The van der Waals surface area contributed by atoms with Crippen LogP contribution in [0.25, 0.3) is 0 Å². The summed E-state index contributed by atoms with van der Waals surface area (Å²) in [6, 6.07) is 24.4. The number of fused-ring (bicyclic) bond motifs is 2. The maximum absolute atomic E-state index is 15.6. The lowest BCUT2D eigenvalue weighted by molar-refractivity contribution is -0.146. The van der Waals surface area contributed by atoms with Crippen molar-refractivity contribution in [2.45, 2.75) is 51.1 Å². The minimum absolute atomic E-state index is 0.179. The summed E-state index contributed by atoms with van der Waals surface area (Å²) in [7, 11) is 0. The summed E-state index contributed by atoms with van der Waals surface area (Å²) in [5.74, 6) is -1.40. The van der Waals surface area contributed by atoms with Crippen molar-refractivity contribution in [3.8, 4) is 0 Å². The summed E-state index contributed by atoms with van der Waals surface area (Å²) >= 11 is 0. The molecule has 3 aromatic carbocycles. The quantitative estimate of drug-likeness (QED) is 0.401. The number of nitrogens with zero attached hydrogens (tertiary/aromatic N) is 2. The van der Waals surface area contributed by atoms with E-state index in [9.17, 15) is 14.7 Å². The summed E-state index contributed by atoms with van der Waals surface area (Å²) in [4.78, 5) is 29.8. The molecule has 0 aliphatic carbocycles. The zero-order chi connectivity index (χ0) is 27.1. The molecule has 5 rings (SSSR count). The van der Waals surface area contributed by atoms with Crippen LogP contribution in [-0.2, 0) is 26.5 Å². The fourth-order valence-electron chi connectivity index (χ4n) is 6.36. The molecule has 1 saturated heterocycles. The Balaban J connectivity index is 1.67. The molecule has 2 aliphatic heterocycles. The second-order valence-corrected chi connectivity index (χ2v) is 10.7. The van der Waals surface area contributed by atoms with Crippen molar-refractivity contribution in [1.82, 2.24) is 0 Å². The highest BCUT2D eigenvalue weighted by atomic mass is 19.1. The Morgan fingerprint density at radius 1 is 1.05 bits per heavy atom. The van der Waals surface area contributed by atoms with E-state index < -0.39 is 29.2 Å². The number of para-hydroxylation sites is 1. The van der Waals surface area contributed by atoms with Crippen molar-refractivity contribution in [1.29, 1.82) is 0 Å². The van der Waals surface area contributed by atoms with Gasteiger partial charge >= 0.3 is 0 Å². The van der Waals surface area contributed by atoms with Gasteiger partial charge in [0, 0.05) is 35.4 Å². The van der Waals surface area contributed by atoms with Crippen LogP contribution in [0, 0.1) is 11.8 Å². The average Bonchev–Trinajstić information content (AvgIpc) is 3.33. The number of alkyl halides is 1. The fourth-order valence-corrected chi connectivity index (χ4v) is 6.36. The molecule has 2 amide bonds. The highest BCUT2D eigenvalue weighted by Gasteiger charge is 2.66. The van der Waals surface area contributed by atoms with E-state index in [-0.39, 0.29) is 18.9 Å². The highest BCUT2D eigenvalue weighted by Crippen LogP contribution is 2.59. The van der Waals surface area contributed by atoms with Gasteiger partial charge in [0.1, 0.15) is 5.67 Å². The Morgan fingerprint density at radius 2 is 1.71 bits per heavy atom. The van der Waals surface area contributed by atoms with E-state index in [1.165, 1.54) is 18.7 Å². The van der Waals surface area contributed by atoms with E-state index in [0.29, 0.717) is 29.2 Å². The number of carbonyl (C=O) groups excluding carboxylic acids is 2. The highest BCUT2D eigenvalue weighted by molar-refractivity contribution is 6.08. The van der Waals surface area contributed by atoms with Crippen LogP contribution < -0.4 is 9.80 Å². The zero-order valence-corrected chi connectivity index (χ0v) is 21.9. The third-order valence-electron chi connectivity index (χ3n) is 7.96. The molecular formula is C31H33FN2O4. The summed E-state index contributed by atoms with van der Waals surface area (Å²) in [6.07, 6.45) is 0.308. The van der Waals surface area contributed by atoms with Crippen LogP contribution in [-0.4, -0.2) is 35.8 Å². The van der Waals surface area contributed by atoms with Gasteiger partial charge in [0.05, 0.1) is 18.3 Å². The van der Waals surface area contributed by atoms with Crippen molar-refractivity contribution >= 4 is 29.4 Å². The molecule has 3 aromatic rings. The van der Waals surface area contributed by atoms with Crippen LogP contribution in [0.15, 0.2) is 78.9 Å². The molecule has 4 atom stereocenters. The van der Waals surface area contributed by atoms with Gasteiger partial charge in [0.2, 0.25) is 6.41 Å². The minimum Gasteiger partial charge on any atom is -0.396 e. The lowest BCUT2D eigenvalue weighted by atomic mass is 9.71. The number of hydrogen-bond acceptors (Lipinski definition) is 4. The van der Waals surface area contributed by atoms with E-state index in [0.717, 1.165) is 12.0 Å². The molecule has 2 aliphatic rings. The first-order valence-electron chi connectivity index (χ1n) is 13.0. The van der Waals surface area contributed by atoms with Gasteiger partial charge in [-0.2, -0.15) is 0 Å². The van der Waals surface area contributed by atoms with Gasteiger partial charge in [-0.1, -0.05) is 55.5 Å². The molecule has 2 heterocycles. The number of aliphatic hydroxyl groups is 1. The summed E-state index contributed by atoms with van der Waals surface area (Å²) in [5, 5.41) is 9.77. The second kappa shape index (κ2) is 9.97. The number of hydrogen-bond donors (Lipinski definition) is 1. The van der Waals surface area contributed by atoms with Crippen LogP contribution >= 0.6 is 0 Å². The van der Waals surface area contributed by atoms with Crippen LogP contribution in [0.2, 0.25) is 0 Å². The Labute approximate surface area is 222 Å². The topological polar surface area (TPSA) is 70.1 Å². The first kappa shape index (κ1) is 26.1. The van der Waals surface area contributed by atoms with Gasteiger partial charge in [0.15, 0.2) is 5.60 Å². The predicted molar refractivity (Wildman–Crippen MR) is 145 cm³/mol. The van der Waals surface area contributed by atoms with Gasteiger partial charge in [-0.15, -0.1) is 0 Å². The molecule has 38 heavy (non-hydrogen) atoms. The zero-order valence-electron chi connectivity index (χ0n) is 21.9. The van der Waals surface area contributed by atoms with Crippen molar-refractivity contribution in [2.75, 3.05) is 16.4 Å². The van der Waals surface area contributed by atoms with E-state index in [1.54, 1.807) is 4.90 Å². The molecular weight excluding hydrogens is 483 g/mol. The number of halogens is 1. The van der Waals surface area contributed by atoms with Crippen molar-refractivity contribution in [3.05, 3.63) is 90.0 Å². The van der Waals surface area contributed by atoms with Crippen molar-refractivity contribution in [3.63, 3.8) is 0 Å². The first-order chi connectivity index (χ1) is 18.2. The van der Waals surface area contributed by atoms with Crippen molar-refractivity contribution in [2.24, 2.45) is 11.8 Å². The lowest BCUT2D eigenvalue weighted by Crippen LogP contribution is -2.45. The van der Waals surface area contributed by atoms with E-state index >= 15 is 4.39 Å². The third kappa shape index (κ3) is 4.20. The number of benzene rings is 3. The summed E-state index contributed by atoms with van der Waals surface area (Å²) < 4.78 is 22.2. The largest absolute Gasteiger partial charge is 0.396 e. The summed E-state index contributed by atoms with van der Waals surface area (Å²) in [5.41, 5.74) is 0.409. The smallest absolute Gasteiger partial charge is 0.264 e. The average molecular weight is 517 g/mol. The molecule has 0 radical (unpaired) electrons. The molecule has 1 N–H and O–H groups in total.